The fourth-order valence-electron chi connectivity index (χ4n) is 0. The van der Waals surface area contributed by atoms with Gasteiger partial charge in [-0.1, -0.05) is 0 Å². The molecule has 0 aromatic rings. The van der Waals surface area contributed by atoms with Crippen LogP contribution in [0.4, 0.5) is 0 Å². The van der Waals surface area contributed by atoms with Gasteiger partial charge in [-0.3, -0.25) is 0 Å². The van der Waals surface area contributed by atoms with Crippen LogP contribution >= 0.6 is 0 Å². The standard InChI is InChI=1S/2H2O4Se/c2*1-5(2,3)4/h2*(H2,1,2,3,4). The molecule has 0 spiro atoms. The molecule has 4 N–H and O–H groups in total. The molecule has 0 heterocycles. The minimum atomic E-state index is -5.25. The Morgan fingerprint density at radius 3 is 0.600 bits per heavy atom. The van der Waals surface area contributed by atoms with E-state index in [1.807, 2.05) is 0 Å². The Labute approximate surface area is 59.3 Å². The maximum absolute atomic E-state index is 8.82. The average molecular weight is 290 g/mol. The predicted octanol–water partition coefficient (Wildman–Crippen LogP) is -3.46. The van der Waals surface area contributed by atoms with Crippen LogP contribution < -0.4 is 0 Å². The molecule has 0 aromatic carbocycles. The van der Waals surface area contributed by atoms with Gasteiger partial charge in [0.05, 0.1) is 0 Å². The van der Waals surface area contributed by atoms with Gasteiger partial charge in [0.15, 0.2) is 0 Å². The third kappa shape index (κ3) is 64900. The van der Waals surface area contributed by atoms with Gasteiger partial charge in [-0.25, -0.2) is 0 Å². The molecule has 64 valence electrons. The van der Waals surface area contributed by atoms with E-state index in [-0.39, 0.29) is 0 Å². The van der Waals surface area contributed by atoms with Crippen LogP contribution in [0.5, 0.6) is 0 Å². The van der Waals surface area contributed by atoms with Crippen molar-refractivity contribution in [3.63, 3.8) is 0 Å². The topological polar surface area (TPSA) is 149 Å². The first kappa shape index (κ1) is 12.7. The SMILES string of the molecule is O=[Se](=O)(O)O.O=[Se](=O)(O)O. The first-order chi connectivity index (χ1) is 4.00. The fraction of sp³-hybridized carbons (Fsp3) is 0. The molecule has 0 aliphatic carbocycles. The third-order valence-electron chi connectivity index (χ3n) is 0. The molecule has 0 amide bonds. The summed E-state index contributed by atoms with van der Waals surface area (Å²) in [6.07, 6.45) is 0. The fourth-order valence-corrected chi connectivity index (χ4v) is 0. The van der Waals surface area contributed by atoms with Crippen LogP contribution in [-0.4, -0.2) is 43.5 Å². The zero-order valence-corrected chi connectivity index (χ0v) is 7.66. The Kier molecular flexibility index (Phi) is 5.17. The predicted molar refractivity (Wildman–Crippen MR) is 23.1 cm³/mol. The molecule has 0 saturated heterocycles. The second-order valence-electron chi connectivity index (χ2n) is 0.896. The second-order valence-corrected chi connectivity index (χ2v) is 4.65. The molecular formula is H4O8Se2. The molecule has 8 nitrogen and oxygen atoms in total. The van der Waals surface area contributed by atoms with Crippen molar-refractivity contribution in [3.05, 3.63) is 0 Å². The van der Waals surface area contributed by atoms with Crippen LogP contribution in [0.15, 0.2) is 0 Å². The normalized spacial score (nSPS) is 11.6. The van der Waals surface area contributed by atoms with Gasteiger partial charge in [0.2, 0.25) is 0 Å². The van der Waals surface area contributed by atoms with E-state index < -0.39 is 26.7 Å². The van der Waals surface area contributed by atoms with Crippen LogP contribution in [0.1, 0.15) is 0 Å². The van der Waals surface area contributed by atoms with Crippen molar-refractivity contribution >= 4 is 26.7 Å². The molecule has 0 saturated carbocycles. The Balaban J connectivity index is 0. The Morgan fingerprint density at radius 2 is 0.600 bits per heavy atom. The van der Waals surface area contributed by atoms with Crippen molar-refractivity contribution in [2.75, 3.05) is 0 Å². The van der Waals surface area contributed by atoms with E-state index >= 15 is 0 Å². The van der Waals surface area contributed by atoms with E-state index in [0.29, 0.717) is 0 Å². The molecule has 0 aliphatic rings. The van der Waals surface area contributed by atoms with Gasteiger partial charge in [-0.05, 0) is 0 Å². The van der Waals surface area contributed by atoms with Gasteiger partial charge in [0.25, 0.3) is 0 Å². The maximum atomic E-state index is 8.82. The van der Waals surface area contributed by atoms with Crippen molar-refractivity contribution in [1.82, 2.24) is 0 Å². The molecule has 0 atom stereocenters. The molecule has 0 fully saturated rings. The van der Waals surface area contributed by atoms with Gasteiger partial charge in [-0.2, -0.15) is 0 Å². The third-order valence-corrected chi connectivity index (χ3v) is 0. The summed E-state index contributed by atoms with van der Waals surface area (Å²) in [4.78, 5) is 0. The monoisotopic (exact) mass is 292 g/mol. The summed E-state index contributed by atoms with van der Waals surface area (Å²) in [6.45, 7) is 0. The zero-order valence-electron chi connectivity index (χ0n) is 4.24. The Morgan fingerprint density at radius 1 is 0.600 bits per heavy atom. The molecule has 0 unspecified atom stereocenters. The molecule has 0 radical (unpaired) electrons. The number of hydrogen-bond acceptors (Lipinski definition) is 4. The molecule has 10 heavy (non-hydrogen) atoms. The van der Waals surface area contributed by atoms with Crippen molar-refractivity contribution in [3.8, 4) is 0 Å². The first-order valence-electron chi connectivity index (χ1n) is 1.40. The first-order valence-corrected chi connectivity index (χ1v) is 7.26. The van der Waals surface area contributed by atoms with E-state index in [1.54, 1.807) is 0 Å². The Bertz CT molecular complexity index is 204. The summed E-state index contributed by atoms with van der Waals surface area (Å²) >= 11 is -10.5. The van der Waals surface area contributed by atoms with Crippen molar-refractivity contribution in [1.29, 1.82) is 0 Å². The van der Waals surface area contributed by atoms with E-state index in [0.717, 1.165) is 0 Å². The summed E-state index contributed by atoms with van der Waals surface area (Å²) in [5.41, 5.74) is 0. The average Bonchev–Trinajstić information content (AvgIpc) is 1.12. The summed E-state index contributed by atoms with van der Waals surface area (Å²) in [5.74, 6) is 0. The number of hydrogen-bond donors (Lipinski definition) is 4. The van der Waals surface area contributed by atoms with E-state index in [9.17, 15) is 0 Å². The van der Waals surface area contributed by atoms with Crippen LogP contribution in [0.2, 0.25) is 0 Å². The zero-order chi connectivity index (χ0) is 9.00. The van der Waals surface area contributed by atoms with Gasteiger partial charge in [0, 0.05) is 0 Å². The molecule has 0 bridgehead atoms. The van der Waals surface area contributed by atoms with Gasteiger partial charge < -0.3 is 0 Å². The number of rotatable bonds is 0. The molecule has 0 rings (SSSR count). The summed E-state index contributed by atoms with van der Waals surface area (Å²) in [6, 6.07) is 0. The van der Waals surface area contributed by atoms with Gasteiger partial charge >= 0.3 is 58.8 Å². The molecular weight excluding hydrogens is 286 g/mol. The van der Waals surface area contributed by atoms with Crippen molar-refractivity contribution in [2.24, 2.45) is 0 Å². The van der Waals surface area contributed by atoms with Crippen LogP contribution in [0.3, 0.4) is 0 Å². The summed E-state index contributed by atoms with van der Waals surface area (Å²) in [5, 5.41) is 0. The van der Waals surface area contributed by atoms with E-state index in [1.165, 1.54) is 0 Å². The quantitative estimate of drug-likeness (QED) is 0.336. The van der Waals surface area contributed by atoms with Crippen molar-refractivity contribution in [2.45, 2.75) is 0 Å². The Hall–Kier alpha value is 0.0790. The van der Waals surface area contributed by atoms with Crippen molar-refractivity contribution < 1.29 is 32.1 Å². The summed E-state index contributed by atoms with van der Waals surface area (Å²) in [7, 11) is 0. The molecule has 0 aliphatic heterocycles. The minimum absolute atomic E-state index is 5.25. The molecule has 10 heteroatoms. The van der Waals surface area contributed by atoms with E-state index in [4.69, 9.17) is 32.1 Å². The summed E-state index contributed by atoms with van der Waals surface area (Å²) < 4.78 is 63.8. The van der Waals surface area contributed by atoms with Crippen LogP contribution in [-0.2, 0) is 15.3 Å². The van der Waals surface area contributed by atoms with Crippen LogP contribution in [0.25, 0.3) is 0 Å². The van der Waals surface area contributed by atoms with Gasteiger partial charge in [0.1, 0.15) is 0 Å². The molecule has 0 aromatic heterocycles. The second kappa shape index (κ2) is 4.06. The van der Waals surface area contributed by atoms with E-state index in [2.05, 4.69) is 0 Å². The van der Waals surface area contributed by atoms with Gasteiger partial charge in [-0.15, -0.1) is 0 Å². The van der Waals surface area contributed by atoms with Crippen LogP contribution in [0, 0.1) is 0 Å².